The lowest BCUT2D eigenvalue weighted by Gasteiger charge is -2.30. The summed E-state index contributed by atoms with van der Waals surface area (Å²) >= 11 is 5.95. The van der Waals surface area contributed by atoms with Gasteiger partial charge in [0, 0.05) is 29.1 Å². The Morgan fingerprint density at radius 2 is 1.77 bits per heavy atom. The molecule has 1 unspecified atom stereocenters. The predicted octanol–water partition coefficient (Wildman–Crippen LogP) is 5.11. The van der Waals surface area contributed by atoms with Gasteiger partial charge in [0.25, 0.3) is 0 Å². The van der Waals surface area contributed by atoms with Crippen molar-refractivity contribution in [2.45, 2.75) is 23.7 Å². The molecule has 4 aromatic rings. The van der Waals surface area contributed by atoms with Crippen LogP contribution in [0.1, 0.15) is 24.7 Å². The van der Waals surface area contributed by atoms with Crippen molar-refractivity contribution in [2.75, 3.05) is 13.1 Å². The Kier molecular flexibility index (Phi) is 5.25. The lowest BCUT2D eigenvalue weighted by atomic mass is 10.00. The number of hydrogen-bond acceptors (Lipinski definition) is 5. The molecule has 31 heavy (non-hydrogen) atoms. The van der Waals surface area contributed by atoms with Crippen LogP contribution in [0.15, 0.2) is 76.1 Å². The van der Waals surface area contributed by atoms with Crippen molar-refractivity contribution < 1.29 is 12.9 Å². The van der Waals surface area contributed by atoms with Crippen LogP contribution in [0.4, 0.5) is 0 Å². The highest BCUT2D eigenvalue weighted by Crippen LogP contribution is 2.33. The molecule has 3 aromatic carbocycles. The summed E-state index contributed by atoms with van der Waals surface area (Å²) in [6.45, 7) is 0.786. The first-order valence-electron chi connectivity index (χ1n) is 10.1. The average Bonchev–Trinajstić information content (AvgIpc) is 3.29. The molecular formula is C23H20ClN3O3S. The average molecular weight is 454 g/mol. The van der Waals surface area contributed by atoms with Gasteiger partial charge < -0.3 is 4.52 Å². The number of piperidine rings is 1. The van der Waals surface area contributed by atoms with Gasteiger partial charge in [-0.2, -0.15) is 9.29 Å². The molecule has 0 bridgehead atoms. The minimum atomic E-state index is -3.65. The van der Waals surface area contributed by atoms with Crippen molar-refractivity contribution >= 4 is 32.4 Å². The van der Waals surface area contributed by atoms with Crippen molar-refractivity contribution in [1.82, 2.24) is 14.4 Å². The third-order valence-corrected chi connectivity index (χ3v) is 7.82. The van der Waals surface area contributed by atoms with Crippen LogP contribution in [0.3, 0.4) is 0 Å². The van der Waals surface area contributed by atoms with E-state index in [9.17, 15) is 8.42 Å². The van der Waals surface area contributed by atoms with Gasteiger partial charge in [0.05, 0.1) is 10.8 Å². The Morgan fingerprint density at radius 3 is 2.61 bits per heavy atom. The molecule has 0 radical (unpaired) electrons. The maximum Gasteiger partial charge on any atom is 0.243 e. The van der Waals surface area contributed by atoms with Crippen LogP contribution in [-0.2, 0) is 10.0 Å². The summed E-state index contributed by atoms with van der Waals surface area (Å²) in [7, 11) is -3.65. The number of fused-ring (bicyclic) bond motifs is 1. The van der Waals surface area contributed by atoms with E-state index in [2.05, 4.69) is 10.1 Å². The fourth-order valence-electron chi connectivity index (χ4n) is 4.04. The molecule has 1 atom stereocenters. The van der Waals surface area contributed by atoms with E-state index < -0.39 is 10.0 Å². The lowest BCUT2D eigenvalue weighted by Crippen LogP contribution is -2.39. The Bertz CT molecular complexity index is 1330. The molecule has 0 amide bonds. The van der Waals surface area contributed by atoms with Crippen molar-refractivity contribution in [1.29, 1.82) is 0 Å². The van der Waals surface area contributed by atoms with E-state index in [1.807, 2.05) is 42.5 Å². The van der Waals surface area contributed by atoms with Gasteiger partial charge in [0.2, 0.25) is 21.7 Å². The summed E-state index contributed by atoms with van der Waals surface area (Å²) in [6, 6.07) is 20.1. The number of rotatable bonds is 4. The second-order valence-electron chi connectivity index (χ2n) is 7.64. The highest BCUT2D eigenvalue weighted by Gasteiger charge is 2.34. The van der Waals surface area contributed by atoms with Crippen LogP contribution >= 0.6 is 11.6 Å². The number of aromatic nitrogens is 2. The second-order valence-corrected chi connectivity index (χ2v) is 9.99. The highest BCUT2D eigenvalue weighted by atomic mass is 35.5. The molecule has 1 aliphatic heterocycles. The molecule has 6 nitrogen and oxygen atoms in total. The number of benzene rings is 3. The standard InChI is InChI=1S/C23H20ClN3O3S/c24-19-12-10-17(11-13-19)22-25-23(30-26-22)18-7-4-14-27(15-18)31(28,29)21-9-3-6-16-5-1-2-8-20(16)21/h1-3,5-6,8-13,18H,4,7,14-15H2. The molecule has 5 rings (SSSR count). The largest absolute Gasteiger partial charge is 0.339 e. The Morgan fingerprint density at radius 1 is 1.00 bits per heavy atom. The fourth-order valence-corrected chi connectivity index (χ4v) is 5.90. The Hall–Kier alpha value is -2.74. The lowest BCUT2D eigenvalue weighted by molar-refractivity contribution is 0.266. The predicted molar refractivity (Wildman–Crippen MR) is 119 cm³/mol. The number of hydrogen-bond donors (Lipinski definition) is 0. The van der Waals surface area contributed by atoms with E-state index in [0.717, 1.165) is 29.2 Å². The molecule has 1 fully saturated rings. The van der Waals surface area contributed by atoms with E-state index >= 15 is 0 Å². The molecule has 8 heteroatoms. The van der Waals surface area contributed by atoms with Gasteiger partial charge in [0.1, 0.15) is 0 Å². The maximum absolute atomic E-state index is 13.5. The molecule has 1 aliphatic rings. The minimum absolute atomic E-state index is 0.146. The minimum Gasteiger partial charge on any atom is -0.339 e. The van der Waals surface area contributed by atoms with Crippen LogP contribution in [0, 0.1) is 0 Å². The molecule has 0 aliphatic carbocycles. The summed E-state index contributed by atoms with van der Waals surface area (Å²) < 4.78 is 34.0. The van der Waals surface area contributed by atoms with Gasteiger partial charge in [-0.3, -0.25) is 0 Å². The van der Waals surface area contributed by atoms with Crippen molar-refractivity contribution in [2.24, 2.45) is 0 Å². The van der Waals surface area contributed by atoms with Crippen molar-refractivity contribution in [3.8, 4) is 11.4 Å². The van der Waals surface area contributed by atoms with E-state index in [-0.39, 0.29) is 5.92 Å². The third-order valence-electron chi connectivity index (χ3n) is 5.64. The van der Waals surface area contributed by atoms with Crippen LogP contribution in [-0.4, -0.2) is 36.0 Å². The van der Waals surface area contributed by atoms with E-state index in [4.69, 9.17) is 16.1 Å². The number of halogens is 1. The first kappa shape index (κ1) is 20.2. The molecule has 1 aromatic heterocycles. The Balaban J connectivity index is 1.42. The topological polar surface area (TPSA) is 76.3 Å². The van der Waals surface area contributed by atoms with Crippen molar-refractivity contribution in [3.63, 3.8) is 0 Å². The third kappa shape index (κ3) is 3.84. The van der Waals surface area contributed by atoms with Gasteiger partial charge in [-0.05, 0) is 48.6 Å². The van der Waals surface area contributed by atoms with Gasteiger partial charge in [-0.1, -0.05) is 53.2 Å². The van der Waals surface area contributed by atoms with Gasteiger partial charge in [-0.15, -0.1) is 0 Å². The molecule has 0 spiro atoms. The van der Waals surface area contributed by atoms with Gasteiger partial charge in [0.15, 0.2) is 0 Å². The van der Waals surface area contributed by atoms with E-state index in [1.165, 1.54) is 4.31 Å². The van der Waals surface area contributed by atoms with Crippen LogP contribution in [0.25, 0.3) is 22.2 Å². The molecule has 0 saturated carbocycles. The smallest absolute Gasteiger partial charge is 0.243 e. The molecule has 0 N–H and O–H groups in total. The van der Waals surface area contributed by atoms with Crippen LogP contribution < -0.4 is 0 Å². The number of sulfonamides is 1. The highest BCUT2D eigenvalue weighted by molar-refractivity contribution is 7.89. The van der Waals surface area contributed by atoms with E-state index in [0.29, 0.717) is 34.7 Å². The van der Waals surface area contributed by atoms with Crippen molar-refractivity contribution in [3.05, 3.63) is 77.6 Å². The quantitative estimate of drug-likeness (QED) is 0.429. The Labute approximate surface area is 185 Å². The maximum atomic E-state index is 13.5. The summed E-state index contributed by atoms with van der Waals surface area (Å²) in [5.41, 5.74) is 0.801. The molecular weight excluding hydrogens is 434 g/mol. The summed E-state index contributed by atoms with van der Waals surface area (Å²) in [5.74, 6) is 0.788. The van der Waals surface area contributed by atoms with Crippen LogP contribution in [0.5, 0.6) is 0 Å². The normalized spacial score (nSPS) is 17.8. The zero-order chi connectivity index (χ0) is 21.4. The molecule has 158 valence electrons. The zero-order valence-corrected chi connectivity index (χ0v) is 18.2. The molecule has 1 saturated heterocycles. The summed E-state index contributed by atoms with van der Waals surface area (Å²) in [5, 5.41) is 6.35. The second kappa shape index (κ2) is 8.07. The molecule has 2 heterocycles. The SMILES string of the molecule is O=S(=O)(c1cccc2ccccc12)N1CCCC(c2nc(-c3ccc(Cl)cc3)no2)C1. The fraction of sp³-hybridized carbons (Fsp3) is 0.217. The zero-order valence-electron chi connectivity index (χ0n) is 16.6. The summed E-state index contributed by atoms with van der Waals surface area (Å²) in [4.78, 5) is 4.86. The summed E-state index contributed by atoms with van der Waals surface area (Å²) in [6.07, 6.45) is 1.52. The van der Waals surface area contributed by atoms with Crippen LogP contribution in [0.2, 0.25) is 5.02 Å². The first-order chi connectivity index (χ1) is 15.0. The first-order valence-corrected chi connectivity index (χ1v) is 11.9. The monoisotopic (exact) mass is 453 g/mol. The van der Waals surface area contributed by atoms with Gasteiger partial charge in [-0.25, -0.2) is 8.42 Å². The van der Waals surface area contributed by atoms with Gasteiger partial charge >= 0.3 is 0 Å². The number of nitrogens with zero attached hydrogens (tertiary/aromatic N) is 3. The van der Waals surface area contributed by atoms with E-state index in [1.54, 1.807) is 24.3 Å².